The topological polar surface area (TPSA) is 30.2 Å². The third-order valence-corrected chi connectivity index (χ3v) is 3.81. The van der Waals surface area contributed by atoms with E-state index in [1.807, 2.05) is 36.0 Å². The van der Waals surface area contributed by atoms with Gasteiger partial charge in [0.25, 0.3) is 0 Å². The van der Waals surface area contributed by atoms with Crippen LogP contribution in [0.15, 0.2) is 67.0 Å². The summed E-state index contributed by atoms with van der Waals surface area (Å²) in [5.41, 5.74) is 2.28. The summed E-state index contributed by atoms with van der Waals surface area (Å²) in [6.45, 7) is 2.45. The molecule has 3 heteroatoms. The van der Waals surface area contributed by atoms with Crippen LogP contribution in [0.2, 0.25) is 0 Å². The average Bonchev–Trinajstić information content (AvgIpc) is 2.61. The van der Waals surface area contributed by atoms with E-state index in [2.05, 4.69) is 54.6 Å². The Hall–Kier alpha value is -2.94. The molecule has 0 unspecified atom stereocenters. The Morgan fingerprint density at radius 2 is 1.75 bits per heavy atom. The molecule has 120 valence electrons. The summed E-state index contributed by atoms with van der Waals surface area (Å²) in [5, 5.41) is 2.48. The van der Waals surface area contributed by atoms with Gasteiger partial charge in [-0.15, -0.1) is 0 Å². The van der Waals surface area contributed by atoms with E-state index in [9.17, 15) is 4.79 Å². The van der Waals surface area contributed by atoms with Gasteiger partial charge in [-0.1, -0.05) is 54.6 Å². The maximum atomic E-state index is 11.5. The van der Waals surface area contributed by atoms with Gasteiger partial charge in [-0.3, -0.25) is 0 Å². The summed E-state index contributed by atoms with van der Waals surface area (Å²) >= 11 is 0. The number of carbonyl (C=O) groups is 1. The Bertz CT molecular complexity index is 861. The van der Waals surface area contributed by atoms with Crippen LogP contribution in [0.5, 0.6) is 0 Å². The number of carbonyl (C=O) groups excluding carboxylic acids is 1. The fourth-order valence-electron chi connectivity index (χ4n) is 2.62. The zero-order chi connectivity index (χ0) is 16.8. The molecule has 2 aromatic carbocycles. The highest BCUT2D eigenvalue weighted by Crippen LogP contribution is 2.20. The number of nitrogens with zero attached hydrogens (tertiary/aromatic N) is 1. The molecule has 0 bridgehead atoms. The Labute approximate surface area is 141 Å². The lowest BCUT2D eigenvalue weighted by Gasteiger charge is -2.02. The molecule has 0 saturated carbocycles. The van der Waals surface area contributed by atoms with Crippen molar-refractivity contribution in [3.63, 3.8) is 0 Å². The molecule has 0 spiro atoms. The Balaban J connectivity index is 1.75. The molecule has 1 heterocycles. The fraction of sp³-hybridized carbons (Fsp3) is 0.143. The van der Waals surface area contributed by atoms with Crippen LogP contribution in [0, 0.1) is 0 Å². The minimum Gasteiger partial charge on any atom is -0.461 e. The number of hydrogen-bond acceptors (Lipinski definition) is 2. The van der Waals surface area contributed by atoms with Gasteiger partial charge in [-0.2, -0.15) is 4.57 Å². The van der Waals surface area contributed by atoms with Crippen LogP contribution in [0.3, 0.4) is 0 Å². The second kappa shape index (κ2) is 7.55. The van der Waals surface area contributed by atoms with Gasteiger partial charge >= 0.3 is 5.97 Å². The lowest BCUT2D eigenvalue weighted by Crippen LogP contribution is -2.37. The van der Waals surface area contributed by atoms with Crippen molar-refractivity contribution >= 4 is 28.9 Å². The van der Waals surface area contributed by atoms with Crippen molar-refractivity contribution in [1.29, 1.82) is 0 Å². The van der Waals surface area contributed by atoms with Gasteiger partial charge in [0, 0.05) is 12.1 Å². The molecule has 0 radical (unpaired) electrons. The van der Waals surface area contributed by atoms with E-state index < -0.39 is 0 Å². The van der Waals surface area contributed by atoms with E-state index in [1.54, 1.807) is 0 Å². The van der Waals surface area contributed by atoms with E-state index in [-0.39, 0.29) is 12.5 Å². The normalized spacial score (nSPS) is 11.0. The second-order valence-electron chi connectivity index (χ2n) is 5.51. The van der Waals surface area contributed by atoms with Crippen LogP contribution in [0.4, 0.5) is 0 Å². The van der Waals surface area contributed by atoms with Crippen LogP contribution in [0.1, 0.15) is 18.1 Å². The largest absolute Gasteiger partial charge is 0.461 e. The lowest BCUT2D eigenvalue weighted by molar-refractivity contribution is -0.686. The van der Waals surface area contributed by atoms with Crippen LogP contribution in [-0.2, 0) is 16.1 Å². The summed E-state index contributed by atoms with van der Waals surface area (Å²) in [6, 6.07) is 18.6. The molecule has 0 aliphatic heterocycles. The molecular formula is C21H20NO2+. The molecule has 3 rings (SSSR count). The van der Waals surface area contributed by atoms with Gasteiger partial charge in [0.05, 0.1) is 6.61 Å². The molecule has 0 amide bonds. The first-order valence-corrected chi connectivity index (χ1v) is 8.07. The third kappa shape index (κ3) is 3.87. The van der Waals surface area contributed by atoms with Gasteiger partial charge in [-0.25, -0.2) is 4.79 Å². The lowest BCUT2D eigenvalue weighted by atomic mass is 10.0. The van der Waals surface area contributed by atoms with Gasteiger partial charge in [0.2, 0.25) is 6.54 Å². The highest BCUT2D eigenvalue weighted by molar-refractivity contribution is 5.92. The first-order valence-electron chi connectivity index (χ1n) is 8.07. The van der Waals surface area contributed by atoms with Crippen molar-refractivity contribution in [3.05, 3.63) is 78.1 Å². The van der Waals surface area contributed by atoms with Gasteiger partial charge in [-0.05, 0) is 28.8 Å². The molecule has 0 fully saturated rings. The zero-order valence-corrected chi connectivity index (χ0v) is 13.7. The van der Waals surface area contributed by atoms with Crippen LogP contribution in [0.25, 0.3) is 22.9 Å². The Kier molecular flexibility index (Phi) is 5.02. The minimum atomic E-state index is -0.221. The van der Waals surface area contributed by atoms with Crippen molar-refractivity contribution in [2.75, 3.05) is 6.61 Å². The number of aromatic nitrogens is 1. The predicted molar refractivity (Wildman–Crippen MR) is 96.1 cm³/mol. The Morgan fingerprint density at radius 1 is 1.00 bits per heavy atom. The predicted octanol–water partition coefficient (Wildman–Crippen LogP) is 3.86. The van der Waals surface area contributed by atoms with E-state index in [0.29, 0.717) is 6.61 Å². The molecule has 1 aromatic heterocycles. The van der Waals surface area contributed by atoms with Crippen molar-refractivity contribution in [1.82, 2.24) is 0 Å². The summed E-state index contributed by atoms with van der Waals surface area (Å²) in [7, 11) is 0. The molecule has 0 aliphatic rings. The number of pyridine rings is 1. The first-order chi connectivity index (χ1) is 11.8. The molecule has 0 aliphatic carbocycles. The SMILES string of the molecule is CCOC(=O)C[n+]1ccc(/C=C/c2cccc3ccccc23)cc1. The summed E-state index contributed by atoms with van der Waals surface area (Å²) in [4.78, 5) is 11.5. The van der Waals surface area contributed by atoms with Gasteiger partial charge < -0.3 is 4.74 Å². The van der Waals surface area contributed by atoms with Crippen LogP contribution in [-0.4, -0.2) is 12.6 Å². The number of ether oxygens (including phenoxy) is 1. The zero-order valence-electron chi connectivity index (χ0n) is 13.7. The monoisotopic (exact) mass is 318 g/mol. The van der Waals surface area contributed by atoms with E-state index >= 15 is 0 Å². The van der Waals surface area contributed by atoms with Gasteiger partial charge in [0.1, 0.15) is 0 Å². The van der Waals surface area contributed by atoms with Crippen LogP contribution >= 0.6 is 0 Å². The molecule has 24 heavy (non-hydrogen) atoms. The molecular weight excluding hydrogens is 298 g/mol. The number of benzene rings is 2. The molecule has 3 aromatic rings. The quantitative estimate of drug-likeness (QED) is 0.528. The van der Waals surface area contributed by atoms with Crippen molar-refractivity contribution < 1.29 is 14.1 Å². The average molecular weight is 318 g/mol. The van der Waals surface area contributed by atoms with Crippen molar-refractivity contribution in [3.8, 4) is 0 Å². The maximum absolute atomic E-state index is 11.5. The third-order valence-electron chi connectivity index (χ3n) is 3.81. The summed E-state index contributed by atoms with van der Waals surface area (Å²) in [6.07, 6.45) is 7.98. The standard InChI is InChI=1S/C21H20NO2/c1-2-24-21(23)16-22-14-12-17(13-15-22)10-11-19-8-5-7-18-6-3-4-9-20(18)19/h3-15H,2,16H2,1H3/q+1/b11-10+. The molecule has 3 nitrogen and oxygen atoms in total. The van der Waals surface area contributed by atoms with Crippen molar-refractivity contribution in [2.24, 2.45) is 0 Å². The fourth-order valence-corrected chi connectivity index (χ4v) is 2.62. The summed E-state index contributed by atoms with van der Waals surface area (Å²) in [5.74, 6) is -0.221. The maximum Gasteiger partial charge on any atom is 0.372 e. The highest BCUT2D eigenvalue weighted by Gasteiger charge is 2.09. The second-order valence-corrected chi connectivity index (χ2v) is 5.51. The number of hydrogen-bond donors (Lipinski definition) is 0. The van der Waals surface area contributed by atoms with E-state index in [0.717, 1.165) is 5.56 Å². The minimum absolute atomic E-state index is 0.221. The van der Waals surface area contributed by atoms with Crippen molar-refractivity contribution in [2.45, 2.75) is 13.5 Å². The van der Waals surface area contributed by atoms with E-state index in [1.165, 1.54) is 16.3 Å². The first kappa shape index (κ1) is 15.9. The smallest absolute Gasteiger partial charge is 0.372 e. The van der Waals surface area contributed by atoms with Gasteiger partial charge in [0.15, 0.2) is 12.4 Å². The Morgan fingerprint density at radius 3 is 2.54 bits per heavy atom. The van der Waals surface area contributed by atoms with Crippen LogP contribution < -0.4 is 4.57 Å². The highest BCUT2D eigenvalue weighted by atomic mass is 16.5. The molecule has 0 N–H and O–H groups in total. The number of esters is 1. The molecule has 0 saturated heterocycles. The number of fused-ring (bicyclic) bond motifs is 1. The molecule has 0 atom stereocenters. The van der Waals surface area contributed by atoms with E-state index in [4.69, 9.17) is 4.74 Å². The number of rotatable bonds is 5. The summed E-state index contributed by atoms with van der Waals surface area (Å²) < 4.78 is 6.76.